The molecule has 18 heavy (non-hydrogen) atoms. The normalized spacial score (nSPS) is 24.3. The molecule has 0 radical (unpaired) electrons. The van der Waals surface area contributed by atoms with Crippen LogP contribution in [0.5, 0.6) is 0 Å². The van der Waals surface area contributed by atoms with Crippen LogP contribution >= 0.6 is 0 Å². The number of hydrogen-bond donors (Lipinski definition) is 1. The van der Waals surface area contributed by atoms with Crippen LogP contribution in [0.3, 0.4) is 0 Å². The Morgan fingerprint density at radius 3 is 2.78 bits per heavy atom. The molecule has 1 unspecified atom stereocenters. The maximum Gasteiger partial charge on any atom is 0.235 e. The van der Waals surface area contributed by atoms with Crippen molar-refractivity contribution in [2.45, 2.75) is 26.3 Å². The third-order valence-corrected chi connectivity index (χ3v) is 5.21. The molecular formula is C13H20N2O2S. The van der Waals surface area contributed by atoms with E-state index in [9.17, 15) is 8.42 Å². The third kappa shape index (κ3) is 2.67. The first kappa shape index (κ1) is 13.4. The largest absolute Gasteiger partial charge is 0.315 e. The second-order valence-corrected chi connectivity index (χ2v) is 6.77. The molecule has 0 spiro atoms. The summed E-state index contributed by atoms with van der Waals surface area (Å²) >= 11 is 0. The van der Waals surface area contributed by atoms with Gasteiger partial charge in [-0.05, 0) is 38.4 Å². The average Bonchev–Trinajstić information content (AvgIpc) is 2.29. The smallest absolute Gasteiger partial charge is 0.235 e. The molecule has 0 aromatic heterocycles. The van der Waals surface area contributed by atoms with Gasteiger partial charge in [0, 0.05) is 6.54 Å². The first-order chi connectivity index (χ1) is 8.52. The van der Waals surface area contributed by atoms with Crippen LogP contribution in [0.15, 0.2) is 24.3 Å². The van der Waals surface area contributed by atoms with Gasteiger partial charge in [-0.15, -0.1) is 0 Å². The third-order valence-electron chi connectivity index (χ3n) is 3.25. The van der Waals surface area contributed by atoms with Crippen molar-refractivity contribution in [3.05, 3.63) is 29.8 Å². The summed E-state index contributed by atoms with van der Waals surface area (Å²) in [6, 6.07) is 7.58. The summed E-state index contributed by atoms with van der Waals surface area (Å²) in [7, 11) is -3.21. The van der Waals surface area contributed by atoms with Gasteiger partial charge in [0.25, 0.3) is 0 Å². The number of nitrogens with zero attached hydrogens (tertiary/aromatic N) is 1. The molecule has 1 aliphatic heterocycles. The number of rotatable bonds is 1. The number of benzene rings is 1. The SMILES string of the molecule is Cc1ccccc1N1C(C)CNCCCS1(=O)=O. The van der Waals surface area contributed by atoms with Crippen LogP contribution in [0.4, 0.5) is 5.69 Å². The van der Waals surface area contributed by atoms with E-state index in [1.807, 2.05) is 38.1 Å². The molecule has 0 aliphatic carbocycles. The van der Waals surface area contributed by atoms with Crippen molar-refractivity contribution in [1.82, 2.24) is 5.32 Å². The number of hydrogen-bond acceptors (Lipinski definition) is 3. The summed E-state index contributed by atoms with van der Waals surface area (Å²) in [6.45, 7) is 5.35. The maximum absolute atomic E-state index is 12.4. The van der Waals surface area contributed by atoms with Gasteiger partial charge in [-0.3, -0.25) is 4.31 Å². The van der Waals surface area contributed by atoms with Gasteiger partial charge in [0.15, 0.2) is 0 Å². The van der Waals surface area contributed by atoms with E-state index in [0.717, 1.165) is 17.8 Å². The minimum Gasteiger partial charge on any atom is -0.315 e. The molecule has 1 aromatic rings. The molecule has 1 aromatic carbocycles. The summed E-state index contributed by atoms with van der Waals surface area (Å²) in [5, 5.41) is 3.29. The first-order valence-electron chi connectivity index (χ1n) is 6.31. The molecule has 1 saturated heterocycles. The Kier molecular flexibility index (Phi) is 3.92. The number of nitrogens with one attached hydrogen (secondary N) is 1. The molecule has 0 amide bonds. The fourth-order valence-electron chi connectivity index (χ4n) is 2.34. The summed E-state index contributed by atoms with van der Waals surface area (Å²) < 4.78 is 26.4. The van der Waals surface area contributed by atoms with Crippen LogP contribution in [-0.2, 0) is 10.0 Å². The number of anilines is 1. The standard InChI is InChI=1S/C13H20N2O2S/c1-11-6-3-4-7-13(11)15-12(2)10-14-8-5-9-18(15,16)17/h3-4,6-7,12,14H,5,8-10H2,1-2H3. The van der Waals surface area contributed by atoms with Gasteiger partial charge in [-0.2, -0.15) is 0 Å². The monoisotopic (exact) mass is 268 g/mol. The van der Waals surface area contributed by atoms with Crippen LogP contribution in [-0.4, -0.2) is 33.3 Å². The predicted molar refractivity (Wildman–Crippen MR) is 74.4 cm³/mol. The van der Waals surface area contributed by atoms with Gasteiger partial charge >= 0.3 is 0 Å². The van der Waals surface area contributed by atoms with Crippen LogP contribution in [0, 0.1) is 6.92 Å². The molecule has 0 saturated carbocycles. The van der Waals surface area contributed by atoms with Crippen molar-refractivity contribution in [1.29, 1.82) is 0 Å². The molecule has 1 atom stereocenters. The van der Waals surface area contributed by atoms with Gasteiger partial charge in [0.2, 0.25) is 10.0 Å². The van der Waals surface area contributed by atoms with Gasteiger partial charge in [0.1, 0.15) is 0 Å². The van der Waals surface area contributed by atoms with Gasteiger partial charge in [-0.25, -0.2) is 8.42 Å². The Morgan fingerprint density at radius 1 is 1.33 bits per heavy atom. The van der Waals surface area contributed by atoms with E-state index in [1.54, 1.807) is 4.31 Å². The van der Waals surface area contributed by atoms with E-state index in [-0.39, 0.29) is 11.8 Å². The van der Waals surface area contributed by atoms with E-state index in [1.165, 1.54) is 0 Å². The lowest BCUT2D eigenvalue weighted by molar-refractivity contribution is 0.542. The van der Waals surface area contributed by atoms with Crippen molar-refractivity contribution < 1.29 is 8.42 Å². The first-order valence-corrected chi connectivity index (χ1v) is 7.92. The minimum absolute atomic E-state index is 0.0589. The Hall–Kier alpha value is -1.07. The van der Waals surface area contributed by atoms with Crippen molar-refractivity contribution in [3.63, 3.8) is 0 Å². The number of aryl methyl sites for hydroxylation is 1. The highest BCUT2D eigenvalue weighted by Crippen LogP contribution is 2.26. The Morgan fingerprint density at radius 2 is 2.06 bits per heavy atom. The zero-order chi connectivity index (χ0) is 13.2. The van der Waals surface area contributed by atoms with E-state index >= 15 is 0 Å². The lowest BCUT2D eigenvalue weighted by atomic mass is 10.2. The summed E-state index contributed by atoms with van der Waals surface area (Å²) in [5.41, 5.74) is 1.79. The molecule has 0 bridgehead atoms. The fourth-order valence-corrected chi connectivity index (χ4v) is 4.18. The van der Waals surface area contributed by atoms with Crippen molar-refractivity contribution >= 4 is 15.7 Å². The van der Waals surface area contributed by atoms with Crippen molar-refractivity contribution in [3.8, 4) is 0 Å². The van der Waals surface area contributed by atoms with Crippen LogP contribution in [0.25, 0.3) is 0 Å². The Balaban J connectivity index is 2.45. The molecule has 1 N–H and O–H groups in total. The number of para-hydroxylation sites is 1. The lowest BCUT2D eigenvalue weighted by Crippen LogP contribution is -2.48. The van der Waals surface area contributed by atoms with E-state index < -0.39 is 10.0 Å². The zero-order valence-electron chi connectivity index (χ0n) is 10.9. The van der Waals surface area contributed by atoms with Gasteiger partial charge < -0.3 is 5.32 Å². The Bertz CT molecular complexity index is 513. The molecule has 1 fully saturated rings. The molecule has 1 aliphatic rings. The van der Waals surface area contributed by atoms with Gasteiger partial charge in [-0.1, -0.05) is 18.2 Å². The average molecular weight is 268 g/mol. The van der Waals surface area contributed by atoms with E-state index in [2.05, 4.69) is 5.32 Å². The minimum atomic E-state index is -3.21. The van der Waals surface area contributed by atoms with Crippen molar-refractivity contribution in [2.75, 3.05) is 23.1 Å². The maximum atomic E-state index is 12.4. The van der Waals surface area contributed by atoms with E-state index in [4.69, 9.17) is 0 Å². The molecular weight excluding hydrogens is 248 g/mol. The van der Waals surface area contributed by atoms with Crippen LogP contribution in [0.2, 0.25) is 0 Å². The summed E-state index contributed by atoms with van der Waals surface area (Å²) in [5.74, 6) is 0.207. The summed E-state index contributed by atoms with van der Waals surface area (Å²) in [4.78, 5) is 0. The summed E-state index contributed by atoms with van der Waals surface area (Å²) in [6.07, 6.45) is 0.664. The molecule has 100 valence electrons. The van der Waals surface area contributed by atoms with Crippen molar-refractivity contribution in [2.24, 2.45) is 0 Å². The van der Waals surface area contributed by atoms with Crippen LogP contribution < -0.4 is 9.62 Å². The highest BCUT2D eigenvalue weighted by Gasteiger charge is 2.29. The fraction of sp³-hybridized carbons (Fsp3) is 0.538. The van der Waals surface area contributed by atoms with Crippen LogP contribution in [0.1, 0.15) is 18.9 Å². The molecule has 1 heterocycles. The molecule has 2 rings (SSSR count). The molecule has 5 heteroatoms. The second kappa shape index (κ2) is 5.28. The molecule has 4 nitrogen and oxygen atoms in total. The lowest BCUT2D eigenvalue weighted by Gasteiger charge is -2.33. The Labute approximate surface area is 109 Å². The highest BCUT2D eigenvalue weighted by atomic mass is 32.2. The second-order valence-electron chi connectivity index (χ2n) is 4.81. The quantitative estimate of drug-likeness (QED) is 0.840. The van der Waals surface area contributed by atoms with Gasteiger partial charge in [0.05, 0.1) is 17.5 Å². The predicted octanol–water partition coefficient (Wildman–Crippen LogP) is 1.51. The topological polar surface area (TPSA) is 49.4 Å². The van der Waals surface area contributed by atoms with E-state index in [0.29, 0.717) is 13.0 Å². The number of sulfonamides is 1. The highest BCUT2D eigenvalue weighted by molar-refractivity contribution is 7.92. The zero-order valence-corrected chi connectivity index (χ0v) is 11.7.